The van der Waals surface area contributed by atoms with Gasteiger partial charge < -0.3 is 16.9 Å². The van der Waals surface area contributed by atoms with Crippen LogP contribution in [0, 0.1) is 23.1 Å². The summed E-state index contributed by atoms with van der Waals surface area (Å²) in [5.74, 6) is -1.45. The molecule has 1 aromatic carbocycles. The van der Waals surface area contributed by atoms with Crippen LogP contribution in [0.5, 0.6) is 0 Å². The van der Waals surface area contributed by atoms with Gasteiger partial charge in [-0.15, -0.1) is 0 Å². The number of benzene rings is 1. The third-order valence-corrected chi connectivity index (χ3v) is 3.56. The molecule has 0 aliphatic heterocycles. The Hall–Kier alpha value is -2.24. The van der Waals surface area contributed by atoms with Crippen molar-refractivity contribution in [2.45, 2.75) is 25.7 Å². The largest absolute Gasteiger partial charge is 0.370 e. The molecule has 0 spiro atoms. The van der Waals surface area contributed by atoms with Crippen molar-refractivity contribution < 1.29 is 9.18 Å². The van der Waals surface area contributed by atoms with Crippen molar-refractivity contribution >= 4 is 17.6 Å². The molecule has 0 radical (unpaired) electrons. The summed E-state index contributed by atoms with van der Waals surface area (Å²) < 4.78 is 12.9. The molecule has 5 N–H and O–H groups in total. The maximum Gasteiger partial charge on any atom is 0.257 e. The first kappa shape index (κ1) is 15.2. The van der Waals surface area contributed by atoms with Crippen molar-refractivity contribution in [2.75, 3.05) is 0 Å². The SMILES string of the molecule is N=C(C1CC1)C(CCc1ccc(F)cc1)C(=O)N=C(N)N. The lowest BCUT2D eigenvalue weighted by Gasteiger charge is -2.14. The van der Waals surface area contributed by atoms with Crippen LogP contribution in [0.25, 0.3) is 0 Å². The normalized spacial score (nSPS) is 15.3. The summed E-state index contributed by atoms with van der Waals surface area (Å²) >= 11 is 0. The lowest BCUT2D eigenvalue weighted by atomic mass is 9.92. The number of carbonyl (C=O) groups is 1. The van der Waals surface area contributed by atoms with Gasteiger partial charge in [0, 0.05) is 5.71 Å². The van der Waals surface area contributed by atoms with E-state index >= 15 is 0 Å². The smallest absolute Gasteiger partial charge is 0.257 e. The maximum absolute atomic E-state index is 12.9. The number of aliphatic imine (C=N–C) groups is 1. The minimum absolute atomic E-state index is 0.182. The molecule has 0 saturated heterocycles. The van der Waals surface area contributed by atoms with E-state index in [9.17, 15) is 9.18 Å². The fourth-order valence-electron chi connectivity index (χ4n) is 2.26. The third-order valence-electron chi connectivity index (χ3n) is 3.56. The molecule has 1 amide bonds. The van der Waals surface area contributed by atoms with Gasteiger partial charge in [-0.3, -0.25) is 4.79 Å². The number of guanidine groups is 1. The van der Waals surface area contributed by atoms with E-state index in [-0.39, 0.29) is 17.7 Å². The van der Waals surface area contributed by atoms with Crippen molar-refractivity contribution in [3.05, 3.63) is 35.6 Å². The van der Waals surface area contributed by atoms with Crippen LogP contribution in [0.2, 0.25) is 0 Å². The van der Waals surface area contributed by atoms with Crippen molar-refractivity contribution in [3.8, 4) is 0 Å². The molecule has 2 rings (SSSR count). The molecular weight excluding hydrogens is 271 g/mol. The lowest BCUT2D eigenvalue weighted by molar-refractivity contribution is -0.119. The van der Waals surface area contributed by atoms with Gasteiger partial charge in [-0.05, 0) is 49.3 Å². The number of aryl methyl sites for hydroxylation is 1. The summed E-state index contributed by atoms with van der Waals surface area (Å²) in [4.78, 5) is 15.6. The van der Waals surface area contributed by atoms with Gasteiger partial charge in [0.05, 0.1) is 5.92 Å². The average molecular weight is 290 g/mol. The highest BCUT2D eigenvalue weighted by Gasteiger charge is 2.34. The van der Waals surface area contributed by atoms with Crippen LogP contribution in [0.3, 0.4) is 0 Å². The minimum Gasteiger partial charge on any atom is -0.370 e. The van der Waals surface area contributed by atoms with Crippen LogP contribution in [-0.4, -0.2) is 17.6 Å². The first-order valence-electron chi connectivity index (χ1n) is 6.93. The van der Waals surface area contributed by atoms with E-state index in [1.807, 2.05) is 0 Å². The molecule has 1 unspecified atom stereocenters. The van der Waals surface area contributed by atoms with Crippen LogP contribution in [0.15, 0.2) is 29.3 Å². The molecule has 1 atom stereocenters. The van der Waals surface area contributed by atoms with Gasteiger partial charge in [0.2, 0.25) is 0 Å². The third kappa shape index (κ3) is 4.37. The number of nitrogens with one attached hydrogen (secondary N) is 1. The van der Waals surface area contributed by atoms with Crippen LogP contribution in [0.1, 0.15) is 24.8 Å². The molecule has 112 valence electrons. The molecule has 5 nitrogen and oxygen atoms in total. The second-order valence-electron chi connectivity index (χ2n) is 5.32. The molecule has 0 heterocycles. The van der Waals surface area contributed by atoms with Crippen LogP contribution < -0.4 is 11.5 Å². The second kappa shape index (κ2) is 6.47. The fraction of sp³-hybridized carbons (Fsp3) is 0.400. The van der Waals surface area contributed by atoms with E-state index in [2.05, 4.69) is 4.99 Å². The molecule has 0 bridgehead atoms. The highest BCUT2D eigenvalue weighted by atomic mass is 19.1. The Labute approximate surface area is 122 Å². The van der Waals surface area contributed by atoms with Crippen molar-refractivity contribution in [2.24, 2.45) is 28.3 Å². The van der Waals surface area contributed by atoms with Gasteiger partial charge in [-0.25, -0.2) is 4.39 Å². The van der Waals surface area contributed by atoms with Gasteiger partial charge in [0.1, 0.15) is 5.82 Å². The number of hydrogen-bond acceptors (Lipinski definition) is 2. The number of amides is 1. The number of carbonyl (C=O) groups excluding carboxylic acids is 1. The summed E-state index contributed by atoms with van der Waals surface area (Å²) in [7, 11) is 0. The standard InChI is InChI=1S/C15H19FN4O/c16-11-6-1-9(2-7-11)3-8-12(13(17)10-4-5-10)14(21)20-15(18)19/h1-2,6-7,10,12,17H,3-5,8H2,(H4,18,19,20,21). The van der Waals surface area contributed by atoms with E-state index < -0.39 is 11.8 Å². The molecule has 1 fully saturated rings. The van der Waals surface area contributed by atoms with E-state index in [4.69, 9.17) is 16.9 Å². The van der Waals surface area contributed by atoms with Crippen LogP contribution in [0.4, 0.5) is 4.39 Å². The summed E-state index contributed by atoms with van der Waals surface area (Å²) in [5, 5.41) is 8.11. The summed E-state index contributed by atoms with van der Waals surface area (Å²) in [6.45, 7) is 0. The number of nitrogens with two attached hydrogens (primary N) is 2. The molecule has 6 heteroatoms. The Morgan fingerprint density at radius 3 is 2.48 bits per heavy atom. The van der Waals surface area contributed by atoms with Crippen molar-refractivity contribution in [1.29, 1.82) is 5.41 Å². The molecule has 1 aromatic rings. The van der Waals surface area contributed by atoms with E-state index in [0.717, 1.165) is 18.4 Å². The Bertz CT molecular complexity index is 560. The summed E-state index contributed by atoms with van der Waals surface area (Å²) in [6.07, 6.45) is 2.92. The molecule has 1 aliphatic carbocycles. The first-order chi connectivity index (χ1) is 9.97. The van der Waals surface area contributed by atoms with Crippen LogP contribution >= 0.6 is 0 Å². The summed E-state index contributed by atoms with van der Waals surface area (Å²) in [6, 6.07) is 6.12. The Morgan fingerprint density at radius 2 is 1.95 bits per heavy atom. The predicted molar refractivity (Wildman–Crippen MR) is 79.5 cm³/mol. The molecule has 1 saturated carbocycles. The fourth-order valence-corrected chi connectivity index (χ4v) is 2.26. The highest BCUT2D eigenvalue weighted by molar-refractivity contribution is 6.07. The second-order valence-corrected chi connectivity index (χ2v) is 5.32. The van der Waals surface area contributed by atoms with Crippen LogP contribution in [-0.2, 0) is 11.2 Å². The number of rotatable bonds is 6. The quantitative estimate of drug-likeness (QED) is 0.547. The van der Waals surface area contributed by atoms with E-state index in [1.54, 1.807) is 12.1 Å². The Morgan fingerprint density at radius 1 is 1.33 bits per heavy atom. The summed E-state index contributed by atoms with van der Waals surface area (Å²) in [5.41, 5.74) is 11.8. The zero-order valence-electron chi connectivity index (χ0n) is 11.7. The predicted octanol–water partition coefficient (Wildman–Crippen LogP) is 1.60. The van der Waals surface area contributed by atoms with Crippen molar-refractivity contribution in [1.82, 2.24) is 0 Å². The topological polar surface area (TPSA) is 105 Å². The number of halogens is 1. The average Bonchev–Trinajstić information content (AvgIpc) is 3.24. The van der Waals surface area contributed by atoms with Gasteiger partial charge >= 0.3 is 0 Å². The Kier molecular flexibility index (Phi) is 4.67. The first-order valence-corrected chi connectivity index (χ1v) is 6.93. The number of hydrogen-bond donors (Lipinski definition) is 3. The minimum atomic E-state index is -0.593. The monoisotopic (exact) mass is 290 g/mol. The molecular formula is C15H19FN4O. The molecule has 1 aliphatic rings. The van der Waals surface area contributed by atoms with Gasteiger partial charge in [0.25, 0.3) is 5.91 Å². The van der Waals surface area contributed by atoms with Crippen molar-refractivity contribution in [3.63, 3.8) is 0 Å². The highest BCUT2D eigenvalue weighted by Crippen LogP contribution is 2.34. The zero-order chi connectivity index (χ0) is 15.4. The van der Waals surface area contributed by atoms with E-state index in [1.165, 1.54) is 12.1 Å². The van der Waals surface area contributed by atoms with Gasteiger partial charge in [-0.1, -0.05) is 12.1 Å². The lowest BCUT2D eigenvalue weighted by Crippen LogP contribution is -2.30. The Balaban J connectivity index is 2.04. The maximum atomic E-state index is 12.9. The number of nitrogens with zero attached hydrogens (tertiary/aromatic N) is 1. The molecule has 21 heavy (non-hydrogen) atoms. The molecule has 0 aromatic heterocycles. The zero-order valence-corrected chi connectivity index (χ0v) is 11.7. The van der Waals surface area contributed by atoms with Gasteiger partial charge in [-0.2, -0.15) is 4.99 Å². The van der Waals surface area contributed by atoms with E-state index in [0.29, 0.717) is 18.6 Å². The van der Waals surface area contributed by atoms with Gasteiger partial charge in [0.15, 0.2) is 5.96 Å².